The molecular formula is C58H38. The molecule has 14 rings (SSSR count). The number of aryl methyl sites for hydroxylation is 2. The predicted molar refractivity (Wildman–Crippen MR) is 246 cm³/mol. The van der Waals surface area contributed by atoms with Crippen LogP contribution in [0.15, 0.2) is 170 Å². The van der Waals surface area contributed by atoms with Gasteiger partial charge in [0.2, 0.25) is 0 Å². The zero-order valence-electron chi connectivity index (χ0n) is 31.7. The average molecular weight is 735 g/mol. The number of benzene rings is 10. The van der Waals surface area contributed by atoms with E-state index in [2.05, 4.69) is 184 Å². The summed E-state index contributed by atoms with van der Waals surface area (Å²) in [6, 6.07) is 65.1. The highest BCUT2D eigenvalue weighted by Crippen LogP contribution is 2.66. The molecule has 0 unspecified atom stereocenters. The number of hydrogen-bond acceptors (Lipinski definition) is 0. The summed E-state index contributed by atoms with van der Waals surface area (Å²) in [5.41, 5.74) is 26.8. The minimum atomic E-state index is -0.399. The molecule has 10 aromatic carbocycles. The van der Waals surface area contributed by atoms with Gasteiger partial charge < -0.3 is 0 Å². The normalized spacial score (nSPS) is 13.7. The van der Waals surface area contributed by atoms with E-state index in [9.17, 15) is 0 Å². The molecule has 1 spiro atoms. The summed E-state index contributed by atoms with van der Waals surface area (Å²) >= 11 is 0. The molecule has 10 aromatic rings. The molecule has 0 amide bonds. The van der Waals surface area contributed by atoms with Crippen molar-refractivity contribution in [1.82, 2.24) is 0 Å². The first-order valence-corrected chi connectivity index (χ1v) is 20.3. The Labute approximate surface area is 338 Å². The van der Waals surface area contributed by atoms with Crippen molar-refractivity contribution >= 4 is 32.3 Å². The molecule has 0 nitrogen and oxygen atoms in total. The van der Waals surface area contributed by atoms with Gasteiger partial charge >= 0.3 is 0 Å². The Bertz CT molecular complexity index is 3490. The Morgan fingerprint density at radius 2 is 0.862 bits per heavy atom. The van der Waals surface area contributed by atoms with Gasteiger partial charge in [0.25, 0.3) is 0 Å². The molecule has 0 fully saturated rings. The maximum absolute atomic E-state index is 2.62. The molecule has 0 saturated heterocycles. The first-order chi connectivity index (χ1) is 28.1. The van der Waals surface area contributed by atoms with E-state index >= 15 is 0 Å². The average Bonchev–Trinajstić information content (AvgIpc) is 3.95. The second-order valence-electron chi connectivity index (χ2n) is 16.7. The van der Waals surface area contributed by atoms with Crippen LogP contribution in [0.3, 0.4) is 0 Å². The first-order valence-electron chi connectivity index (χ1n) is 20.3. The molecule has 0 aliphatic heterocycles. The van der Waals surface area contributed by atoms with Gasteiger partial charge in [0.1, 0.15) is 0 Å². The molecule has 0 atom stereocenters. The maximum atomic E-state index is 2.62. The van der Waals surface area contributed by atoms with Crippen LogP contribution >= 0.6 is 0 Å². The van der Waals surface area contributed by atoms with Crippen LogP contribution in [0.4, 0.5) is 0 Å². The molecule has 0 heteroatoms. The van der Waals surface area contributed by atoms with Gasteiger partial charge in [-0.15, -0.1) is 0 Å². The molecule has 0 saturated carbocycles. The highest BCUT2D eigenvalue weighted by molar-refractivity contribution is 6.29. The first kappa shape index (κ1) is 32.1. The molecule has 0 radical (unpaired) electrons. The zero-order valence-corrected chi connectivity index (χ0v) is 31.7. The molecule has 58 heavy (non-hydrogen) atoms. The summed E-state index contributed by atoms with van der Waals surface area (Å²) in [7, 11) is 0. The minimum absolute atomic E-state index is 0. The monoisotopic (exact) mass is 734 g/mol. The van der Waals surface area contributed by atoms with E-state index in [0.29, 0.717) is 0 Å². The van der Waals surface area contributed by atoms with Gasteiger partial charge in [0.05, 0.1) is 5.41 Å². The van der Waals surface area contributed by atoms with E-state index in [1.807, 2.05) is 0 Å². The molecule has 4 aliphatic rings. The lowest BCUT2D eigenvalue weighted by atomic mass is 9.70. The highest BCUT2D eigenvalue weighted by Gasteiger charge is 2.52. The van der Waals surface area contributed by atoms with E-state index in [-0.39, 0.29) is 7.43 Å². The fraction of sp³-hybridized carbons (Fsp3) is 0.0690. The lowest BCUT2D eigenvalue weighted by Gasteiger charge is -2.30. The molecule has 0 heterocycles. The van der Waals surface area contributed by atoms with Crippen LogP contribution < -0.4 is 0 Å². The summed E-state index contributed by atoms with van der Waals surface area (Å²) in [6.45, 7) is 4.62. The number of fused-ring (bicyclic) bond motifs is 18. The summed E-state index contributed by atoms with van der Waals surface area (Å²) in [5.74, 6) is 0. The fourth-order valence-electron chi connectivity index (χ4n) is 12.2. The van der Waals surface area contributed by atoms with Gasteiger partial charge in [-0.2, -0.15) is 0 Å². The fourth-order valence-corrected chi connectivity index (χ4v) is 12.2. The maximum Gasteiger partial charge on any atom is 0.0725 e. The van der Waals surface area contributed by atoms with Crippen LogP contribution in [0.5, 0.6) is 0 Å². The molecule has 0 N–H and O–H groups in total. The van der Waals surface area contributed by atoms with Crippen LogP contribution in [0.1, 0.15) is 40.8 Å². The third-order valence-corrected chi connectivity index (χ3v) is 14.2. The van der Waals surface area contributed by atoms with Crippen molar-refractivity contribution < 1.29 is 0 Å². The third-order valence-electron chi connectivity index (χ3n) is 14.2. The Kier molecular flexibility index (Phi) is 6.02. The van der Waals surface area contributed by atoms with E-state index in [1.165, 1.54) is 144 Å². The molecular weight excluding hydrogens is 697 g/mol. The Morgan fingerprint density at radius 1 is 0.293 bits per heavy atom. The van der Waals surface area contributed by atoms with Crippen LogP contribution in [0, 0.1) is 13.8 Å². The number of hydrogen-bond donors (Lipinski definition) is 0. The van der Waals surface area contributed by atoms with Crippen LogP contribution in [0.2, 0.25) is 0 Å². The van der Waals surface area contributed by atoms with Crippen molar-refractivity contribution in [3.05, 3.63) is 203 Å². The van der Waals surface area contributed by atoms with E-state index in [4.69, 9.17) is 0 Å². The minimum Gasteiger partial charge on any atom is -0.0776 e. The Hall–Kier alpha value is -7.02. The van der Waals surface area contributed by atoms with E-state index < -0.39 is 5.41 Å². The highest BCUT2D eigenvalue weighted by atomic mass is 14.5. The van der Waals surface area contributed by atoms with E-state index in [0.717, 1.165) is 0 Å². The van der Waals surface area contributed by atoms with Crippen molar-refractivity contribution in [2.24, 2.45) is 0 Å². The van der Waals surface area contributed by atoms with Crippen molar-refractivity contribution in [2.45, 2.75) is 26.7 Å². The molecule has 0 aromatic heterocycles. The van der Waals surface area contributed by atoms with Gasteiger partial charge in [-0.25, -0.2) is 0 Å². The summed E-state index contributed by atoms with van der Waals surface area (Å²) in [4.78, 5) is 0. The standard InChI is InChI=1S/C57H34.CH4/c1-31-26-27-42-51(32(2)28-43-35-16-5-6-19-38(35)50(31)54(42)43)56-34-15-4-3-14-33(34)29-44-45-30-49-53(40-21-13-22-41(52(40)45)55(44)56)39-20-9-12-25-48(39)57(49)46-23-10-7-17-36(46)37-18-8-11-24-47(37)57;/h3-30H,1-2H3;1H4. The third kappa shape index (κ3) is 3.52. The summed E-state index contributed by atoms with van der Waals surface area (Å²) in [5, 5.41) is 8.05. The van der Waals surface area contributed by atoms with Crippen LogP contribution in [0.25, 0.3) is 110 Å². The van der Waals surface area contributed by atoms with Gasteiger partial charge in [-0.05, 0) is 170 Å². The molecule has 0 bridgehead atoms. The SMILES string of the molecule is C.Cc1cc2c3c(c(C)ccc3c1-c1c3c(cc4ccccc14)-c1cc4c(c5cccc-3c15)-c1ccccc1C41c3ccccc3-c3ccccc31)-c1ccccc1-2. The summed E-state index contributed by atoms with van der Waals surface area (Å²) < 4.78 is 0. The van der Waals surface area contributed by atoms with Gasteiger partial charge in [-0.3, -0.25) is 0 Å². The van der Waals surface area contributed by atoms with Crippen LogP contribution in [-0.4, -0.2) is 0 Å². The second-order valence-corrected chi connectivity index (χ2v) is 16.7. The lowest BCUT2D eigenvalue weighted by molar-refractivity contribution is 0.795. The quantitative estimate of drug-likeness (QED) is 0.158. The van der Waals surface area contributed by atoms with Gasteiger partial charge in [0.15, 0.2) is 0 Å². The molecule has 270 valence electrons. The van der Waals surface area contributed by atoms with Crippen molar-refractivity contribution in [2.75, 3.05) is 0 Å². The summed E-state index contributed by atoms with van der Waals surface area (Å²) in [6.07, 6.45) is 0. The largest absolute Gasteiger partial charge is 0.0776 e. The predicted octanol–water partition coefficient (Wildman–Crippen LogP) is 15.7. The second kappa shape index (κ2) is 10.9. The van der Waals surface area contributed by atoms with Crippen molar-refractivity contribution in [3.8, 4) is 77.9 Å². The van der Waals surface area contributed by atoms with Gasteiger partial charge in [-0.1, -0.05) is 165 Å². The molecule has 4 aliphatic carbocycles. The van der Waals surface area contributed by atoms with Crippen molar-refractivity contribution in [1.29, 1.82) is 0 Å². The van der Waals surface area contributed by atoms with Crippen LogP contribution in [-0.2, 0) is 5.41 Å². The Balaban J connectivity index is 0.00000350. The topological polar surface area (TPSA) is 0 Å². The van der Waals surface area contributed by atoms with E-state index in [1.54, 1.807) is 0 Å². The lowest BCUT2D eigenvalue weighted by Crippen LogP contribution is -2.25. The smallest absolute Gasteiger partial charge is 0.0725 e. The number of rotatable bonds is 1. The zero-order chi connectivity index (χ0) is 37.3. The van der Waals surface area contributed by atoms with Gasteiger partial charge in [0, 0.05) is 0 Å². The Morgan fingerprint density at radius 3 is 1.62 bits per heavy atom. The van der Waals surface area contributed by atoms with Crippen molar-refractivity contribution in [3.63, 3.8) is 0 Å².